The number of benzene rings is 1. The van der Waals surface area contributed by atoms with E-state index < -0.39 is 6.36 Å². The van der Waals surface area contributed by atoms with E-state index in [1.165, 1.54) is 146 Å². The van der Waals surface area contributed by atoms with Crippen LogP contribution in [0, 0.1) is 5.41 Å². The molecule has 1 nitrogen and oxygen atoms in total. The summed E-state index contributed by atoms with van der Waals surface area (Å²) in [6, 6.07) is 6.82. The van der Waals surface area contributed by atoms with Crippen LogP contribution in [0.2, 0.25) is 0 Å². The third kappa shape index (κ3) is 9.60. The molecule has 1 aromatic carbocycles. The van der Waals surface area contributed by atoms with E-state index in [9.17, 15) is 13.2 Å². The van der Waals surface area contributed by atoms with Gasteiger partial charge in [-0.2, -0.15) is 0 Å². The average Bonchev–Trinajstić information content (AvgIpc) is 2.87. The van der Waals surface area contributed by atoms with Gasteiger partial charge in [0.15, 0.2) is 0 Å². The van der Waals surface area contributed by atoms with E-state index in [0.29, 0.717) is 5.41 Å². The monoisotopic (exact) mass is 508 g/mol. The maximum Gasteiger partial charge on any atom is 0.573 e. The summed E-state index contributed by atoms with van der Waals surface area (Å²) in [5, 5.41) is 0. The summed E-state index contributed by atoms with van der Waals surface area (Å²) >= 11 is 0. The molecule has 0 aliphatic heterocycles. The Bertz CT molecular complexity index is 712. The molecule has 206 valence electrons. The average molecular weight is 509 g/mol. The third-order valence-electron chi connectivity index (χ3n) is 9.35. The molecule has 0 aromatic heterocycles. The van der Waals surface area contributed by atoms with Crippen LogP contribution in [0.1, 0.15) is 154 Å². The van der Waals surface area contributed by atoms with Crippen LogP contribution in [0.15, 0.2) is 24.3 Å². The van der Waals surface area contributed by atoms with Gasteiger partial charge in [0.1, 0.15) is 5.75 Å². The first kappa shape index (κ1) is 29.4. The highest BCUT2D eigenvalue weighted by Gasteiger charge is 2.35. The van der Waals surface area contributed by atoms with Crippen LogP contribution >= 0.6 is 0 Å². The molecule has 0 amide bonds. The summed E-state index contributed by atoms with van der Waals surface area (Å²) in [5.74, 6) is -0.109. The van der Waals surface area contributed by atoms with Crippen molar-refractivity contribution in [1.29, 1.82) is 0 Å². The number of hydrogen-bond donors (Lipinski definition) is 0. The van der Waals surface area contributed by atoms with Crippen LogP contribution in [0.3, 0.4) is 0 Å². The lowest BCUT2D eigenvalue weighted by Gasteiger charge is -2.40. The molecule has 0 spiro atoms. The Morgan fingerprint density at radius 1 is 0.639 bits per heavy atom. The Hall–Kier alpha value is -1.19. The van der Waals surface area contributed by atoms with Gasteiger partial charge in [-0.15, -0.1) is 13.2 Å². The predicted molar refractivity (Wildman–Crippen MR) is 144 cm³/mol. The summed E-state index contributed by atoms with van der Waals surface area (Å²) < 4.78 is 41.9. The Morgan fingerprint density at radius 2 is 1.14 bits per heavy atom. The minimum atomic E-state index is -4.63. The molecule has 2 fully saturated rings. The zero-order valence-corrected chi connectivity index (χ0v) is 22.9. The van der Waals surface area contributed by atoms with Crippen LogP contribution in [0.25, 0.3) is 0 Å². The predicted octanol–water partition coefficient (Wildman–Crippen LogP) is 11.4. The molecule has 3 rings (SSSR count). The second kappa shape index (κ2) is 14.7. The molecule has 4 heteroatoms. The van der Waals surface area contributed by atoms with Crippen LogP contribution in [-0.4, -0.2) is 6.36 Å². The number of rotatable bonds is 15. The highest BCUT2D eigenvalue weighted by molar-refractivity contribution is 5.33. The van der Waals surface area contributed by atoms with E-state index >= 15 is 0 Å². The van der Waals surface area contributed by atoms with Crippen molar-refractivity contribution in [2.45, 2.75) is 160 Å². The van der Waals surface area contributed by atoms with Gasteiger partial charge in [-0.05, 0) is 73.5 Å². The van der Waals surface area contributed by atoms with Gasteiger partial charge in [0, 0.05) is 0 Å². The molecule has 0 radical (unpaired) electrons. The van der Waals surface area contributed by atoms with Gasteiger partial charge in [-0.25, -0.2) is 0 Å². The number of alkyl halides is 3. The van der Waals surface area contributed by atoms with E-state index in [2.05, 4.69) is 11.7 Å². The van der Waals surface area contributed by atoms with Crippen molar-refractivity contribution in [2.75, 3.05) is 0 Å². The summed E-state index contributed by atoms with van der Waals surface area (Å²) in [6.45, 7) is 2.28. The molecular formula is C32H51F3O. The lowest BCUT2D eigenvalue weighted by molar-refractivity contribution is -0.274. The number of halogens is 3. The zero-order valence-electron chi connectivity index (χ0n) is 22.9. The topological polar surface area (TPSA) is 9.23 Å². The Labute approximate surface area is 219 Å². The first-order chi connectivity index (χ1) is 17.4. The molecule has 0 unspecified atom stereocenters. The fourth-order valence-electron chi connectivity index (χ4n) is 7.27. The molecule has 2 saturated carbocycles. The molecule has 36 heavy (non-hydrogen) atoms. The quantitative estimate of drug-likeness (QED) is 0.214. The maximum atomic E-state index is 12.6. The van der Waals surface area contributed by atoms with Crippen molar-refractivity contribution in [2.24, 2.45) is 5.41 Å². The number of unbranched alkanes of at least 4 members (excludes halogenated alkanes) is 7. The van der Waals surface area contributed by atoms with E-state index in [0.717, 1.165) is 12.8 Å². The van der Waals surface area contributed by atoms with E-state index in [4.69, 9.17) is 0 Å². The van der Waals surface area contributed by atoms with Crippen LogP contribution in [0.5, 0.6) is 5.75 Å². The molecule has 2 aliphatic carbocycles. The van der Waals surface area contributed by atoms with Gasteiger partial charge < -0.3 is 4.74 Å². The SMILES string of the molecule is CCCCCCCCCC1(CCCCC2(c3ccc(OC(F)(F)F)cc3)CCCCC2)CCCCC1. The molecule has 2 aliphatic rings. The van der Waals surface area contributed by atoms with Crippen molar-refractivity contribution < 1.29 is 17.9 Å². The molecule has 0 saturated heterocycles. The fourth-order valence-corrected chi connectivity index (χ4v) is 7.27. The highest BCUT2D eigenvalue weighted by Crippen LogP contribution is 2.47. The molecular weight excluding hydrogens is 457 g/mol. The number of hydrogen-bond acceptors (Lipinski definition) is 1. The molecule has 0 bridgehead atoms. The second-order valence-corrected chi connectivity index (χ2v) is 12.1. The Morgan fingerprint density at radius 3 is 1.72 bits per heavy atom. The summed E-state index contributed by atoms with van der Waals surface area (Å²) in [4.78, 5) is 0. The smallest absolute Gasteiger partial charge is 0.406 e. The van der Waals surface area contributed by atoms with Gasteiger partial charge in [0.05, 0.1) is 0 Å². The Balaban J connectivity index is 1.51. The van der Waals surface area contributed by atoms with E-state index in [-0.39, 0.29) is 11.2 Å². The summed E-state index contributed by atoms with van der Waals surface area (Å²) in [6.07, 6.45) is 24.7. The second-order valence-electron chi connectivity index (χ2n) is 12.1. The van der Waals surface area contributed by atoms with Crippen LogP contribution in [0.4, 0.5) is 13.2 Å². The van der Waals surface area contributed by atoms with Crippen molar-refractivity contribution in [1.82, 2.24) is 0 Å². The first-order valence-corrected chi connectivity index (χ1v) is 15.2. The van der Waals surface area contributed by atoms with Gasteiger partial charge in [0.2, 0.25) is 0 Å². The van der Waals surface area contributed by atoms with Crippen LogP contribution < -0.4 is 4.74 Å². The van der Waals surface area contributed by atoms with Gasteiger partial charge in [-0.3, -0.25) is 0 Å². The van der Waals surface area contributed by atoms with Crippen LogP contribution in [-0.2, 0) is 5.41 Å². The zero-order chi connectivity index (χ0) is 25.7. The highest BCUT2D eigenvalue weighted by atomic mass is 19.4. The largest absolute Gasteiger partial charge is 0.573 e. The van der Waals surface area contributed by atoms with Gasteiger partial charge in [-0.1, -0.05) is 115 Å². The minimum Gasteiger partial charge on any atom is -0.406 e. The maximum absolute atomic E-state index is 12.6. The number of ether oxygens (including phenoxy) is 1. The third-order valence-corrected chi connectivity index (χ3v) is 9.35. The molecule has 0 atom stereocenters. The van der Waals surface area contributed by atoms with Gasteiger partial charge >= 0.3 is 6.36 Å². The molecule has 0 N–H and O–H groups in total. The Kier molecular flexibility index (Phi) is 12.0. The normalized spacial score (nSPS) is 19.8. The molecule has 0 heterocycles. The van der Waals surface area contributed by atoms with E-state index in [1.54, 1.807) is 0 Å². The minimum absolute atomic E-state index is 0.109. The lowest BCUT2D eigenvalue weighted by atomic mass is 9.65. The van der Waals surface area contributed by atoms with E-state index in [1.807, 2.05) is 12.1 Å². The van der Waals surface area contributed by atoms with Crippen molar-refractivity contribution in [3.63, 3.8) is 0 Å². The first-order valence-electron chi connectivity index (χ1n) is 15.2. The van der Waals surface area contributed by atoms with Crippen molar-refractivity contribution in [3.8, 4) is 5.75 Å². The van der Waals surface area contributed by atoms with Crippen molar-refractivity contribution in [3.05, 3.63) is 29.8 Å². The lowest BCUT2D eigenvalue weighted by Crippen LogP contribution is -2.29. The van der Waals surface area contributed by atoms with Gasteiger partial charge in [0.25, 0.3) is 0 Å². The standard InChI is InChI=1S/C32H51F3O/c1-2-3-4-5-6-7-10-21-30(22-11-8-12-23-30)24-15-16-27-31(25-13-9-14-26-31)28-17-19-29(20-18-28)36-32(33,34)35/h17-20H,2-16,21-27H2,1H3. The fraction of sp³-hybridized carbons (Fsp3) is 0.812. The van der Waals surface area contributed by atoms with Crippen molar-refractivity contribution >= 4 is 0 Å². The molecule has 1 aromatic rings. The summed E-state index contributed by atoms with van der Waals surface area (Å²) in [7, 11) is 0. The summed E-state index contributed by atoms with van der Waals surface area (Å²) in [5.41, 5.74) is 1.93.